The number of rotatable bonds is 4. The van der Waals surface area contributed by atoms with E-state index in [-0.39, 0.29) is 30.3 Å². The van der Waals surface area contributed by atoms with Crippen molar-refractivity contribution in [2.45, 2.75) is 51.5 Å². The van der Waals surface area contributed by atoms with Gasteiger partial charge in [-0.25, -0.2) is 0 Å². The number of carbonyl (C=O) groups excluding carboxylic acids is 2. The molecule has 0 radical (unpaired) electrons. The maximum atomic E-state index is 12.3. The number of nitrogens with one attached hydrogen (secondary N) is 2. The molecule has 2 N–H and O–H groups in total. The van der Waals surface area contributed by atoms with Crippen LogP contribution in [-0.2, 0) is 9.59 Å². The fourth-order valence-corrected chi connectivity index (χ4v) is 3.17. The lowest BCUT2D eigenvalue weighted by atomic mass is 9.98. The van der Waals surface area contributed by atoms with E-state index in [1.807, 2.05) is 6.92 Å². The number of likely N-dealkylation sites (tertiary alicyclic amines) is 1. The van der Waals surface area contributed by atoms with E-state index in [4.69, 9.17) is 0 Å². The smallest absolute Gasteiger partial charge is 0.242 e. The van der Waals surface area contributed by atoms with E-state index in [0.29, 0.717) is 12.3 Å². The summed E-state index contributed by atoms with van der Waals surface area (Å²) in [4.78, 5) is 26.0. The zero-order valence-corrected chi connectivity index (χ0v) is 13.7. The summed E-state index contributed by atoms with van der Waals surface area (Å²) in [6, 6.07) is -0.243. The predicted molar refractivity (Wildman–Crippen MR) is 85.5 cm³/mol. The average Bonchev–Trinajstić information content (AvgIpc) is 2.52. The Balaban J connectivity index is 0.00000220. The molecular weight excluding hydrogens is 290 g/mol. The van der Waals surface area contributed by atoms with E-state index in [0.717, 1.165) is 45.4 Å². The highest BCUT2D eigenvalue weighted by Crippen LogP contribution is 2.18. The first-order valence-corrected chi connectivity index (χ1v) is 8.00. The first kappa shape index (κ1) is 18.2. The van der Waals surface area contributed by atoms with Gasteiger partial charge in [-0.05, 0) is 51.1 Å². The lowest BCUT2D eigenvalue weighted by Gasteiger charge is -2.35. The first-order chi connectivity index (χ1) is 9.72. The third-order valence-corrected chi connectivity index (χ3v) is 4.39. The quantitative estimate of drug-likeness (QED) is 0.822. The number of hydrogen-bond donors (Lipinski definition) is 2. The fourth-order valence-electron chi connectivity index (χ4n) is 3.17. The monoisotopic (exact) mass is 317 g/mol. The van der Waals surface area contributed by atoms with Crippen molar-refractivity contribution in [1.29, 1.82) is 0 Å². The molecule has 0 bridgehead atoms. The van der Waals surface area contributed by atoms with Gasteiger partial charge < -0.3 is 15.5 Å². The van der Waals surface area contributed by atoms with Crippen molar-refractivity contribution in [3.8, 4) is 0 Å². The molecule has 0 spiro atoms. The Morgan fingerprint density at radius 1 is 1.24 bits per heavy atom. The Labute approximate surface area is 133 Å². The SMILES string of the molecule is CCC(=O)N1CCCCC1C(=O)NCC1CCCNC1.Cl. The summed E-state index contributed by atoms with van der Waals surface area (Å²) in [6.45, 7) is 5.40. The lowest BCUT2D eigenvalue weighted by molar-refractivity contribution is -0.142. The second-order valence-corrected chi connectivity index (χ2v) is 5.91. The van der Waals surface area contributed by atoms with Crippen molar-refractivity contribution in [2.75, 3.05) is 26.2 Å². The van der Waals surface area contributed by atoms with Crippen LogP contribution in [0.4, 0.5) is 0 Å². The van der Waals surface area contributed by atoms with Crippen LogP contribution in [0.25, 0.3) is 0 Å². The van der Waals surface area contributed by atoms with Gasteiger partial charge in [0.05, 0.1) is 0 Å². The van der Waals surface area contributed by atoms with Crippen molar-refractivity contribution in [3.05, 3.63) is 0 Å². The second kappa shape index (κ2) is 9.26. The van der Waals surface area contributed by atoms with Crippen molar-refractivity contribution in [3.63, 3.8) is 0 Å². The van der Waals surface area contributed by atoms with Gasteiger partial charge in [-0.3, -0.25) is 9.59 Å². The van der Waals surface area contributed by atoms with Crippen LogP contribution in [0.3, 0.4) is 0 Å². The molecule has 122 valence electrons. The Kier molecular flexibility index (Phi) is 8.04. The van der Waals surface area contributed by atoms with Crippen LogP contribution in [0.5, 0.6) is 0 Å². The summed E-state index contributed by atoms with van der Waals surface area (Å²) in [5.41, 5.74) is 0. The minimum atomic E-state index is -0.243. The fraction of sp³-hybridized carbons (Fsp3) is 0.867. The molecule has 2 rings (SSSR count). The molecule has 21 heavy (non-hydrogen) atoms. The highest BCUT2D eigenvalue weighted by atomic mass is 35.5. The molecule has 2 saturated heterocycles. The minimum absolute atomic E-state index is 0. The minimum Gasteiger partial charge on any atom is -0.354 e. The van der Waals surface area contributed by atoms with E-state index in [2.05, 4.69) is 10.6 Å². The van der Waals surface area contributed by atoms with Crippen LogP contribution in [0.1, 0.15) is 45.4 Å². The number of halogens is 1. The number of piperidine rings is 2. The Hall–Kier alpha value is -0.810. The van der Waals surface area contributed by atoms with Crippen molar-refractivity contribution in [2.24, 2.45) is 5.92 Å². The third-order valence-electron chi connectivity index (χ3n) is 4.39. The van der Waals surface area contributed by atoms with Crippen LogP contribution >= 0.6 is 12.4 Å². The first-order valence-electron chi connectivity index (χ1n) is 8.00. The molecule has 0 aromatic heterocycles. The molecule has 2 atom stereocenters. The van der Waals surface area contributed by atoms with E-state index in [1.165, 1.54) is 12.8 Å². The van der Waals surface area contributed by atoms with Crippen LogP contribution in [-0.4, -0.2) is 48.9 Å². The normalized spacial score (nSPS) is 25.9. The highest BCUT2D eigenvalue weighted by molar-refractivity contribution is 5.87. The molecule has 2 unspecified atom stereocenters. The molecule has 2 amide bonds. The van der Waals surface area contributed by atoms with Crippen LogP contribution < -0.4 is 10.6 Å². The maximum absolute atomic E-state index is 12.3. The summed E-state index contributed by atoms with van der Waals surface area (Å²) in [5, 5.41) is 6.42. The summed E-state index contributed by atoms with van der Waals surface area (Å²) in [7, 11) is 0. The van der Waals surface area contributed by atoms with Gasteiger partial charge in [-0.1, -0.05) is 6.92 Å². The van der Waals surface area contributed by atoms with Crippen molar-refractivity contribution in [1.82, 2.24) is 15.5 Å². The molecule has 0 aromatic carbocycles. The number of carbonyl (C=O) groups is 2. The van der Waals surface area contributed by atoms with Crippen molar-refractivity contribution < 1.29 is 9.59 Å². The molecule has 2 fully saturated rings. The second-order valence-electron chi connectivity index (χ2n) is 5.91. The zero-order valence-electron chi connectivity index (χ0n) is 12.9. The summed E-state index contributed by atoms with van der Waals surface area (Å²) in [5.74, 6) is 0.674. The third kappa shape index (κ3) is 5.15. The summed E-state index contributed by atoms with van der Waals surface area (Å²) < 4.78 is 0. The Morgan fingerprint density at radius 2 is 2.05 bits per heavy atom. The van der Waals surface area contributed by atoms with E-state index in [1.54, 1.807) is 4.90 Å². The van der Waals surface area contributed by atoms with Gasteiger partial charge in [-0.15, -0.1) is 12.4 Å². The van der Waals surface area contributed by atoms with Gasteiger partial charge >= 0.3 is 0 Å². The predicted octanol–water partition coefficient (Wildman–Crippen LogP) is 1.32. The van der Waals surface area contributed by atoms with E-state index < -0.39 is 0 Å². The largest absolute Gasteiger partial charge is 0.354 e. The number of amides is 2. The summed E-state index contributed by atoms with van der Waals surface area (Å²) in [6.07, 6.45) is 5.70. The van der Waals surface area contributed by atoms with Crippen LogP contribution in [0.2, 0.25) is 0 Å². The number of nitrogens with zero attached hydrogens (tertiary/aromatic N) is 1. The molecule has 2 aliphatic rings. The average molecular weight is 318 g/mol. The molecule has 0 aliphatic carbocycles. The molecule has 2 heterocycles. The molecule has 0 aromatic rings. The van der Waals surface area contributed by atoms with Crippen LogP contribution in [0, 0.1) is 5.92 Å². The van der Waals surface area contributed by atoms with E-state index in [9.17, 15) is 9.59 Å². The molecular formula is C15H28ClN3O2. The van der Waals surface area contributed by atoms with Gasteiger partial charge in [0, 0.05) is 19.5 Å². The number of hydrogen-bond acceptors (Lipinski definition) is 3. The maximum Gasteiger partial charge on any atom is 0.242 e. The topological polar surface area (TPSA) is 61.4 Å². The molecule has 2 aliphatic heterocycles. The standard InChI is InChI=1S/C15H27N3O2.ClH/c1-2-14(19)18-9-4-3-7-13(18)15(20)17-11-12-6-5-8-16-10-12;/h12-13,16H,2-11H2,1H3,(H,17,20);1H. The molecule has 5 nitrogen and oxygen atoms in total. The summed E-state index contributed by atoms with van der Waals surface area (Å²) >= 11 is 0. The van der Waals surface area contributed by atoms with Gasteiger partial charge in [0.1, 0.15) is 6.04 Å². The Bertz CT molecular complexity index is 346. The van der Waals surface area contributed by atoms with Crippen molar-refractivity contribution >= 4 is 24.2 Å². The van der Waals surface area contributed by atoms with E-state index >= 15 is 0 Å². The van der Waals surface area contributed by atoms with Crippen LogP contribution in [0.15, 0.2) is 0 Å². The zero-order chi connectivity index (χ0) is 14.4. The molecule has 6 heteroatoms. The van der Waals surface area contributed by atoms with Gasteiger partial charge in [0.15, 0.2) is 0 Å². The Morgan fingerprint density at radius 3 is 2.71 bits per heavy atom. The van der Waals surface area contributed by atoms with Gasteiger partial charge in [0.25, 0.3) is 0 Å². The lowest BCUT2D eigenvalue weighted by Crippen LogP contribution is -2.52. The van der Waals surface area contributed by atoms with Gasteiger partial charge in [-0.2, -0.15) is 0 Å². The molecule has 0 saturated carbocycles. The highest BCUT2D eigenvalue weighted by Gasteiger charge is 2.31. The van der Waals surface area contributed by atoms with Gasteiger partial charge in [0.2, 0.25) is 11.8 Å².